The average Bonchev–Trinajstić information content (AvgIpc) is 2.65. The molecule has 2 rings (SSSR count). The van der Waals surface area contributed by atoms with E-state index >= 15 is 0 Å². The van der Waals surface area contributed by atoms with E-state index in [-0.39, 0.29) is 5.82 Å². The van der Waals surface area contributed by atoms with Crippen molar-refractivity contribution < 1.29 is 4.39 Å². The molecule has 0 unspecified atom stereocenters. The van der Waals surface area contributed by atoms with Gasteiger partial charge in [0.2, 0.25) is 0 Å². The van der Waals surface area contributed by atoms with E-state index in [4.69, 9.17) is 11.6 Å². The number of rotatable bonds is 3. The van der Waals surface area contributed by atoms with Crippen molar-refractivity contribution in [1.29, 1.82) is 0 Å². The first-order valence-electron chi connectivity index (χ1n) is 4.88. The Morgan fingerprint density at radius 2 is 2.19 bits per heavy atom. The Morgan fingerprint density at radius 1 is 1.38 bits per heavy atom. The van der Waals surface area contributed by atoms with E-state index in [0.29, 0.717) is 17.1 Å². The second-order valence-electron chi connectivity index (χ2n) is 3.44. The van der Waals surface area contributed by atoms with E-state index in [9.17, 15) is 4.39 Å². The van der Waals surface area contributed by atoms with Crippen LogP contribution in [0.2, 0.25) is 5.02 Å². The molecule has 0 amide bonds. The van der Waals surface area contributed by atoms with Gasteiger partial charge in [-0.05, 0) is 30.1 Å². The highest BCUT2D eigenvalue weighted by atomic mass is 35.5. The maximum atomic E-state index is 13.8. The van der Waals surface area contributed by atoms with E-state index < -0.39 is 0 Å². The van der Waals surface area contributed by atoms with Gasteiger partial charge in [-0.15, -0.1) is 11.3 Å². The van der Waals surface area contributed by atoms with Crippen molar-refractivity contribution in [2.75, 3.05) is 7.05 Å². The fraction of sp³-hybridized carbons (Fsp3) is 0.167. The third-order valence-corrected chi connectivity index (χ3v) is 3.65. The molecule has 2 aromatic rings. The molecule has 1 aromatic heterocycles. The lowest BCUT2D eigenvalue weighted by atomic mass is 10.1. The number of hydrogen-bond acceptors (Lipinski definition) is 2. The minimum absolute atomic E-state index is 0.225. The third-order valence-electron chi connectivity index (χ3n) is 2.28. The first-order chi connectivity index (χ1) is 7.72. The molecule has 84 valence electrons. The zero-order valence-electron chi connectivity index (χ0n) is 8.76. The van der Waals surface area contributed by atoms with E-state index in [1.807, 2.05) is 18.5 Å². The smallest absolute Gasteiger partial charge is 0.132 e. The van der Waals surface area contributed by atoms with E-state index in [1.54, 1.807) is 18.2 Å². The monoisotopic (exact) mass is 255 g/mol. The molecule has 0 atom stereocenters. The van der Waals surface area contributed by atoms with Gasteiger partial charge in [-0.3, -0.25) is 0 Å². The van der Waals surface area contributed by atoms with Crippen molar-refractivity contribution in [3.05, 3.63) is 46.0 Å². The molecule has 1 aromatic carbocycles. The summed E-state index contributed by atoms with van der Waals surface area (Å²) in [4.78, 5) is 0.787. The van der Waals surface area contributed by atoms with E-state index in [1.165, 1.54) is 11.3 Å². The van der Waals surface area contributed by atoms with Gasteiger partial charge in [0.15, 0.2) is 0 Å². The number of nitrogens with one attached hydrogen (secondary N) is 1. The van der Waals surface area contributed by atoms with Crippen LogP contribution in [-0.4, -0.2) is 7.05 Å². The maximum Gasteiger partial charge on any atom is 0.132 e. The van der Waals surface area contributed by atoms with Gasteiger partial charge in [-0.1, -0.05) is 23.7 Å². The van der Waals surface area contributed by atoms with Gasteiger partial charge in [0.1, 0.15) is 5.82 Å². The second-order valence-corrected chi connectivity index (χ2v) is 4.77. The summed E-state index contributed by atoms with van der Waals surface area (Å²) in [6.45, 7) is 0.662. The molecule has 16 heavy (non-hydrogen) atoms. The zero-order valence-corrected chi connectivity index (χ0v) is 10.3. The maximum absolute atomic E-state index is 13.8. The molecule has 0 aliphatic carbocycles. The van der Waals surface area contributed by atoms with Gasteiger partial charge in [0.05, 0.1) is 9.90 Å². The Bertz CT molecular complexity index is 496. The van der Waals surface area contributed by atoms with Gasteiger partial charge < -0.3 is 5.32 Å². The summed E-state index contributed by atoms with van der Waals surface area (Å²) in [6, 6.07) is 7.01. The minimum Gasteiger partial charge on any atom is -0.316 e. The Kier molecular flexibility index (Phi) is 3.59. The Hall–Kier alpha value is -0.900. The summed E-state index contributed by atoms with van der Waals surface area (Å²) >= 11 is 7.43. The molecule has 0 aliphatic heterocycles. The Morgan fingerprint density at radius 3 is 2.75 bits per heavy atom. The van der Waals surface area contributed by atoms with Gasteiger partial charge in [0, 0.05) is 12.1 Å². The van der Waals surface area contributed by atoms with Crippen molar-refractivity contribution in [3.8, 4) is 10.4 Å². The largest absolute Gasteiger partial charge is 0.316 e. The van der Waals surface area contributed by atoms with Crippen LogP contribution >= 0.6 is 22.9 Å². The molecule has 0 radical (unpaired) electrons. The van der Waals surface area contributed by atoms with Gasteiger partial charge in [-0.2, -0.15) is 0 Å². The normalized spacial score (nSPS) is 10.7. The fourth-order valence-electron chi connectivity index (χ4n) is 1.54. The summed E-state index contributed by atoms with van der Waals surface area (Å²) in [5, 5.41) is 5.45. The number of benzene rings is 1. The summed E-state index contributed by atoms with van der Waals surface area (Å²) in [5.41, 5.74) is 1.50. The van der Waals surface area contributed by atoms with Crippen molar-refractivity contribution in [3.63, 3.8) is 0 Å². The predicted molar refractivity (Wildman–Crippen MR) is 67.5 cm³/mol. The molecule has 0 saturated heterocycles. The second kappa shape index (κ2) is 4.95. The quantitative estimate of drug-likeness (QED) is 0.876. The van der Waals surface area contributed by atoms with Crippen molar-refractivity contribution in [2.45, 2.75) is 6.54 Å². The highest BCUT2D eigenvalue weighted by Crippen LogP contribution is 2.34. The lowest BCUT2D eigenvalue weighted by Gasteiger charge is -2.05. The average molecular weight is 256 g/mol. The van der Waals surface area contributed by atoms with Crippen LogP contribution in [0.3, 0.4) is 0 Å². The summed E-state index contributed by atoms with van der Waals surface area (Å²) in [6.07, 6.45) is 0. The Labute approximate surface area is 103 Å². The van der Waals surface area contributed by atoms with Crippen molar-refractivity contribution in [2.24, 2.45) is 0 Å². The molecular formula is C12H11ClFNS. The third kappa shape index (κ3) is 2.26. The topological polar surface area (TPSA) is 12.0 Å². The van der Waals surface area contributed by atoms with E-state index in [0.717, 1.165) is 10.4 Å². The molecule has 1 nitrogen and oxygen atoms in total. The van der Waals surface area contributed by atoms with Crippen LogP contribution in [0.5, 0.6) is 0 Å². The number of hydrogen-bond donors (Lipinski definition) is 1. The zero-order chi connectivity index (χ0) is 11.5. The molecule has 1 N–H and O–H groups in total. The van der Waals surface area contributed by atoms with Crippen LogP contribution in [0.25, 0.3) is 10.4 Å². The van der Waals surface area contributed by atoms with Crippen LogP contribution in [0.4, 0.5) is 4.39 Å². The number of halogens is 2. The first kappa shape index (κ1) is 11.6. The lowest BCUT2D eigenvalue weighted by Crippen LogP contribution is -2.05. The van der Waals surface area contributed by atoms with Crippen LogP contribution in [0.15, 0.2) is 29.6 Å². The molecule has 0 fully saturated rings. The SMILES string of the molecule is CNCc1ccc(-c2sccc2Cl)c(F)c1. The molecule has 4 heteroatoms. The predicted octanol–water partition coefficient (Wildman–Crippen LogP) is 3.93. The molecule has 1 heterocycles. The summed E-state index contributed by atoms with van der Waals surface area (Å²) < 4.78 is 13.8. The highest BCUT2D eigenvalue weighted by Gasteiger charge is 2.10. The van der Waals surface area contributed by atoms with Crippen LogP contribution in [0.1, 0.15) is 5.56 Å². The van der Waals surface area contributed by atoms with Gasteiger partial charge >= 0.3 is 0 Å². The molecule has 0 saturated carbocycles. The molecule has 0 bridgehead atoms. The van der Waals surface area contributed by atoms with E-state index in [2.05, 4.69) is 5.32 Å². The minimum atomic E-state index is -0.225. The molecule has 0 aliphatic rings. The standard InChI is InChI=1S/C12H11ClFNS/c1-15-7-8-2-3-9(11(14)6-8)12-10(13)4-5-16-12/h2-6,15H,7H2,1H3. The van der Waals surface area contributed by atoms with Crippen LogP contribution < -0.4 is 5.32 Å². The van der Waals surface area contributed by atoms with Gasteiger partial charge in [0.25, 0.3) is 0 Å². The van der Waals surface area contributed by atoms with Crippen LogP contribution in [-0.2, 0) is 6.54 Å². The summed E-state index contributed by atoms with van der Waals surface area (Å²) in [7, 11) is 1.84. The first-order valence-corrected chi connectivity index (χ1v) is 6.14. The highest BCUT2D eigenvalue weighted by molar-refractivity contribution is 7.14. The Balaban J connectivity index is 2.40. The lowest BCUT2D eigenvalue weighted by molar-refractivity contribution is 0.627. The number of thiophene rings is 1. The fourth-order valence-corrected chi connectivity index (χ4v) is 2.73. The molecular weight excluding hydrogens is 245 g/mol. The van der Waals surface area contributed by atoms with Gasteiger partial charge in [-0.25, -0.2) is 4.39 Å². The van der Waals surface area contributed by atoms with Crippen LogP contribution in [0, 0.1) is 5.82 Å². The summed E-state index contributed by atoms with van der Waals surface area (Å²) in [5.74, 6) is -0.225. The van der Waals surface area contributed by atoms with Crippen molar-refractivity contribution >= 4 is 22.9 Å². The molecule has 0 spiro atoms. The van der Waals surface area contributed by atoms with Crippen molar-refractivity contribution in [1.82, 2.24) is 5.32 Å².